The Morgan fingerprint density at radius 3 is 2.32 bits per heavy atom. The lowest BCUT2D eigenvalue weighted by Crippen LogP contribution is -2.13. The van der Waals surface area contributed by atoms with E-state index in [1.165, 1.54) is 18.5 Å². The van der Waals surface area contributed by atoms with Crippen molar-refractivity contribution in [2.45, 2.75) is 40.5 Å². The van der Waals surface area contributed by atoms with E-state index in [9.17, 15) is 9.18 Å². The SMILES string of the molecule is CCc1ncncc1-c1cc(C(=O)CC(C)(C)C)cc(-c2ccc(F)cc2)c1. The van der Waals surface area contributed by atoms with Gasteiger partial charge in [-0.15, -0.1) is 0 Å². The average molecular weight is 376 g/mol. The molecule has 0 spiro atoms. The van der Waals surface area contributed by atoms with Gasteiger partial charge in [0.2, 0.25) is 0 Å². The molecule has 2 aromatic carbocycles. The van der Waals surface area contributed by atoms with Crippen LogP contribution in [0.3, 0.4) is 0 Å². The Kier molecular flexibility index (Phi) is 5.68. The van der Waals surface area contributed by atoms with Gasteiger partial charge >= 0.3 is 0 Å². The number of benzene rings is 2. The number of aryl methyl sites for hydroxylation is 1. The van der Waals surface area contributed by atoms with Crippen LogP contribution in [0.1, 0.15) is 50.2 Å². The van der Waals surface area contributed by atoms with Gasteiger partial charge in [-0.25, -0.2) is 14.4 Å². The van der Waals surface area contributed by atoms with Gasteiger partial charge in [0.1, 0.15) is 12.1 Å². The summed E-state index contributed by atoms with van der Waals surface area (Å²) < 4.78 is 13.4. The van der Waals surface area contributed by atoms with E-state index in [0.29, 0.717) is 12.0 Å². The summed E-state index contributed by atoms with van der Waals surface area (Å²) in [5.74, 6) is -0.193. The van der Waals surface area contributed by atoms with E-state index in [2.05, 4.69) is 30.7 Å². The largest absolute Gasteiger partial charge is 0.294 e. The number of carbonyl (C=O) groups excluding carboxylic acids is 1. The maximum Gasteiger partial charge on any atom is 0.163 e. The van der Waals surface area contributed by atoms with Crippen molar-refractivity contribution in [1.29, 1.82) is 0 Å². The van der Waals surface area contributed by atoms with E-state index in [1.54, 1.807) is 18.3 Å². The number of hydrogen-bond donors (Lipinski definition) is 0. The van der Waals surface area contributed by atoms with Crippen LogP contribution in [0, 0.1) is 11.2 Å². The molecule has 0 saturated heterocycles. The lowest BCUT2D eigenvalue weighted by atomic mass is 9.86. The molecule has 0 aliphatic heterocycles. The smallest absolute Gasteiger partial charge is 0.163 e. The normalized spacial score (nSPS) is 11.5. The minimum atomic E-state index is -0.284. The van der Waals surface area contributed by atoms with Crippen molar-refractivity contribution in [1.82, 2.24) is 9.97 Å². The van der Waals surface area contributed by atoms with E-state index in [1.807, 2.05) is 25.1 Å². The first-order valence-electron chi connectivity index (χ1n) is 9.50. The summed E-state index contributed by atoms with van der Waals surface area (Å²) in [6, 6.07) is 12.1. The predicted octanol–water partition coefficient (Wildman–Crippen LogP) is 6.13. The predicted molar refractivity (Wildman–Crippen MR) is 111 cm³/mol. The molecule has 3 aromatic rings. The van der Waals surface area contributed by atoms with Gasteiger partial charge < -0.3 is 0 Å². The molecule has 3 rings (SSSR count). The molecule has 0 amide bonds. The molecule has 0 atom stereocenters. The molecule has 0 aliphatic carbocycles. The second-order valence-electron chi connectivity index (χ2n) is 8.20. The highest BCUT2D eigenvalue weighted by Gasteiger charge is 2.19. The molecule has 0 radical (unpaired) electrons. The minimum absolute atomic E-state index is 0.0904. The van der Waals surface area contributed by atoms with Crippen LogP contribution in [0.15, 0.2) is 55.0 Å². The van der Waals surface area contributed by atoms with E-state index >= 15 is 0 Å². The molecule has 0 aliphatic rings. The van der Waals surface area contributed by atoms with Gasteiger partial charge in [-0.1, -0.05) is 39.8 Å². The van der Waals surface area contributed by atoms with Crippen LogP contribution in [0.4, 0.5) is 4.39 Å². The summed E-state index contributed by atoms with van der Waals surface area (Å²) in [5.41, 5.74) is 5.03. The third-order valence-electron chi connectivity index (χ3n) is 4.56. The third-order valence-corrected chi connectivity index (χ3v) is 4.56. The Balaban J connectivity index is 2.16. The monoisotopic (exact) mass is 376 g/mol. The molecule has 3 nitrogen and oxygen atoms in total. The summed E-state index contributed by atoms with van der Waals surface area (Å²) >= 11 is 0. The lowest BCUT2D eigenvalue weighted by Gasteiger charge is -2.18. The van der Waals surface area contributed by atoms with Gasteiger partial charge in [-0.2, -0.15) is 0 Å². The van der Waals surface area contributed by atoms with E-state index in [-0.39, 0.29) is 17.0 Å². The molecule has 0 N–H and O–H groups in total. The zero-order chi connectivity index (χ0) is 20.3. The molecule has 1 heterocycles. The van der Waals surface area contributed by atoms with Gasteiger partial charge in [0.15, 0.2) is 5.78 Å². The fourth-order valence-electron chi connectivity index (χ4n) is 3.21. The highest BCUT2D eigenvalue weighted by atomic mass is 19.1. The van der Waals surface area contributed by atoms with Crippen LogP contribution in [0.5, 0.6) is 0 Å². The second kappa shape index (κ2) is 8.01. The number of rotatable bonds is 5. The van der Waals surface area contributed by atoms with Crippen molar-refractivity contribution in [2.24, 2.45) is 5.41 Å². The molecule has 4 heteroatoms. The Labute approximate surface area is 165 Å². The topological polar surface area (TPSA) is 42.9 Å². The van der Waals surface area contributed by atoms with Crippen molar-refractivity contribution < 1.29 is 9.18 Å². The first-order valence-corrected chi connectivity index (χ1v) is 9.50. The van der Waals surface area contributed by atoms with E-state index < -0.39 is 0 Å². The minimum Gasteiger partial charge on any atom is -0.294 e. The maximum atomic E-state index is 13.4. The van der Waals surface area contributed by atoms with Crippen LogP contribution in [0.25, 0.3) is 22.3 Å². The van der Waals surface area contributed by atoms with Gasteiger partial charge in [0.25, 0.3) is 0 Å². The molecule has 0 unspecified atom stereocenters. The number of carbonyl (C=O) groups is 1. The zero-order valence-electron chi connectivity index (χ0n) is 16.8. The van der Waals surface area contributed by atoms with Crippen LogP contribution in [0.2, 0.25) is 0 Å². The Bertz CT molecular complexity index is 988. The molecule has 0 saturated carbocycles. The lowest BCUT2D eigenvalue weighted by molar-refractivity contribution is 0.0940. The molecular formula is C24H25FN2O. The summed E-state index contributed by atoms with van der Waals surface area (Å²) in [4.78, 5) is 21.5. The fraction of sp³-hybridized carbons (Fsp3) is 0.292. The second-order valence-corrected chi connectivity index (χ2v) is 8.20. The van der Waals surface area contributed by atoms with Crippen molar-refractivity contribution in [3.63, 3.8) is 0 Å². The number of hydrogen-bond acceptors (Lipinski definition) is 3. The first kappa shape index (κ1) is 19.9. The summed E-state index contributed by atoms with van der Waals surface area (Å²) in [6.45, 7) is 8.20. The Hall–Kier alpha value is -2.88. The molecule has 0 fully saturated rings. The summed E-state index contributed by atoms with van der Waals surface area (Å²) in [7, 11) is 0. The third kappa shape index (κ3) is 4.69. The van der Waals surface area contributed by atoms with E-state index in [4.69, 9.17) is 0 Å². The van der Waals surface area contributed by atoms with Crippen molar-refractivity contribution >= 4 is 5.78 Å². The summed E-state index contributed by atoms with van der Waals surface area (Å²) in [6.07, 6.45) is 4.54. The van der Waals surface area contributed by atoms with Gasteiger partial charge in [0, 0.05) is 23.7 Å². The number of nitrogens with zero attached hydrogens (tertiary/aromatic N) is 2. The quantitative estimate of drug-likeness (QED) is 0.503. The molecule has 144 valence electrons. The molecule has 1 aromatic heterocycles. The molecule has 28 heavy (non-hydrogen) atoms. The molecular weight excluding hydrogens is 351 g/mol. The summed E-state index contributed by atoms with van der Waals surface area (Å²) in [5, 5.41) is 0. The van der Waals surface area contributed by atoms with Gasteiger partial charge in [0.05, 0.1) is 5.69 Å². The zero-order valence-corrected chi connectivity index (χ0v) is 16.8. The standard InChI is InChI=1S/C24H25FN2O/c1-5-22-21(14-26-15-27-22)18-10-17(16-6-8-20(25)9-7-16)11-19(12-18)23(28)13-24(2,3)4/h6-12,14-15H,5,13H2,1-4H3. The van der Waals surface area contributed by atoms with Crippen LogP contribution in [-0.2, 0) is 6.42 Å². The Morgan fingerprint density at radius 1 is 1.00 bits per heavy atom. The fourth-order valence-corrected chi connectivity index (χ4v) is 3.21. The number of ketones is 1. The highest BCUT2D eigenvalue weighted by Crippen LogP contribution is 2.31. The number of Topliss-reactive ketones (excluding diaryl/α,β-unsaturated/α-hetero) is 1. The molecule has 0 bridgehead atoms. The van der Waals surface area contributed by atoms with Crippen LogP contribution in [-0.4, -0.2) is 15.8 Å². The first-order chi connectivity index (χ1) is 13.3. The van der Waals surface area contributed by atoms with E-state index in [0.717, 1.165) is 34.4 Å². The van der Waals surface area contributed by atoms with Crippen molar-refractivity contribution in [3.8, 4) is 22.3 Å². The number of halogens is 1. The number of aromatic nitrogens is 2. The van der Waals surface area contributed by atoms with Crippen molar-refractivity contribution in [2.75, 3.05) is 0 Å². The maximum absolute atomic E-state index is 13.4. The highest BCUT2D eigenvalue weighted by molar-refractivity contribution is 5.99. The van der Waals surface area contributed by atoms with Crippen LogP contribution < -0.4 is 0 Å². The Morgan fingerprint density at radius 2 is 1.68 bits per heavy atom. The van der Waals surface area contributed by atoms with Crippen molar-refractivity contribution in [3.05, 3.63) is 72.1 Å². The van der Waals surface area contributed by atoms with Gasteiger partial charge in [-0.05, 0) is 58.9 Å². The average Bonchev–Trinajstić information content (AvgIpc) is 2.67. The van der Waals surface area contributed by atoms with Gasteiger partial charge in [-0.3, -0.25) is 4.79 Å². The van der Waals surface area contributed by atoms with Crippen LogP contribution >= 0.6 is 0 Å².